The number of H-pyrrole nitrogens is 1. The van der Waals surface area contributed by atoms with Crippen LogP contribution in [0.25, 0.3) is 22.5 Å². The first-order valence-electron chi connectivity index (χ1n) is 8.18. The Morgan fingerprint density at radius 1 is 1.00 bits per heavy atom. The van der Waals surface area contributed by atoms with Crippen molar-refractivity contribution in [1.82, 2.24) is 15.4 Å². The van der Waals surface area contributed by atoms with Gasteiger partial charge in [0.05, 0.1) is 14.2 Å². The number of benzene rings is 2. The van der Waals surface area contributed by atoms with Gasteiger partial charge >= 0.3 is 59.1 Å². The van der Waals surface area contributed by atoms with E-state index < -0.39 is 7.82 Å². The maximum Gasteiger partial charge on any atom is 1.00 e. The van der Waals surface area contributed by atoms with Gasteiger partial charge in [-0.25, -0.2) is 0 Å². The molecule has 152 valence electrons. The van der Waals surface area contributed by atoms with Crippen LogP contribution >= 0.6 is 7.82 Å². The van der Waals surface area contributed by atoms with E-state index in [4.69, 9.17) is 18.9 Å². The fraction of sp³-hybridized carbons (Fsp3) is 0.176. The molecule has 2 aromatic carbocycles. The van der Waals surface area contributed by atoms with Crippen molar-refractivity contribution in [2.75, 3.05) is 21.0 Å². The predicted octanol–water partition coefficient (Wildman–Crippen LogP) is -4.90. The van der Waals surface area contributed by atoms with E-state index >= 15 is 0 Å². The molecule has 0 saturated heterocycles. The first-order chi connectivity index (χ1) is 13.9. The number of hydrogen-bond acceptors (Lipinski definition) is 10. The molecule has 3 aromatic rings. The van der Waals surface area contributed by atoms with E-state index in [1.165, 1.54) is 26.4 Å². The van der Waals surface area contributed by atoms with Crippen LogP contribution in [0.2, 0.25) is 0 Å². The molecule has 4 rings (SSSR count). The summed E-state index contributed by atoms with van der Waals surface area (Å²) in [4.78, 5) is 22.4. The van der Waals surface area contributed by atoms with Crippen LogP contribution in [0.5, 0.6) is 28.7 Å². The Labute approximate surface area is 221 Å². The fourth-order valence-electron chi connectivity index (χ4n) is 2.91. The molecule has 0 unspecified atom stereocenters. The van der Waals surface area contributed by atoms with Crippen molar-refractivity contribution in [3.05, 3.63) is 30.3 Å². The third-order valence-electron chi connectivity index (χ3n) is 4.13. The van der Waals surface area contributed by atoms with Crippen molar-refractivity contribution in [3.8, 4) is 51.3 Å². The number of fused-ring (bicyclic) bond motifs is 1. The van der Waals surface area contributed by atoms with Gasteiger partial charge in [0.15, 0.2) is 11.5 Å². The number of aromatic nitrogens is 3. The Hall–Kier alpha value is -1.27. The molecule has 0 amide bonds. The second kappa shape index (κ2) is 10.6. The van der Waals surface area contributed by atoms with Crippen molar-refractivity contribution < 1.29 is 96.9 Å². The van der Waals surface area contributed by atoms with E-state index in [1.54, 1.807) is 18.2 Å². The number of ether oxygens (including phenoxy) is 4. The molecule has 0 radical (unpaired) electrons. The van der Waals surface area contributed by atoms with Crippen molar-refractivity contribution in [2.24, 2.45) is 0 Å². The molecule has 0 aliphatic carbocycles. The van der Waals surface area contributed by atoms with Crippen LogP contribution in [0.15, 0.2) is 30.3 Å². The Morgan fingerprint density at radius 2 is 1.74 bits per heavy atom. The third-order valence-corrected chi connectivity index (χ3v) is 4.55. The topological polar surface area (TPSA) is 151 Å². The molecule has 31 heavy (non-hydrogen) atoms. The van der Waals surface area contributed by atoms with Gasteiger partial charge in [-0.1, -0.05) is 0 Å². The number of nitrogens with zero attached hydrogens (tertiary/aromatic N) is 2. The maximum atomic E-state index is 11.2. The number of phosphoric ester groups is 1. The van der Waals surface area contributed by atoms with Crippen LogP contribution < -0.4 is 92.4 Å². The molecular weight excluding hydrogens is 451 g/mol. The van der Waals surface area contributed by atoms with Gasteiger partial charge in [0.2, 0.25) is 12.5 Å². The monoisotopic (exact) mass is 465 g/mol. The SMILES string of the molecule is COc1ccc(-c2n[nH]nc2-c2cc(OC)c3c(c2)OCO3)c(OP(=O)([O-])[O-])c1.[Na+].[Na+]. The van der Waals surface area contributed by atoms with Gasteiger partial charge in [0, 0.05) is 17.2 Å². The summed E-state index contributed by atoms with van der Waals surface area (Å²) in [5.74, 6) is 1.42. The van der Waals surface area contributed by atoms with Crippen LogP contribution in [0.4, 0.5) is 0 Å². The Bertz CT molecular complexity index is 1120. The zero-order valence-electron chi connectivity index (χ0n) is 17.2. The van der Waals surface area contributed by atoms with Crippen LogP contribution in [-0.4, -0.2) is 36.4 Å². The molecule has 1 aliphatic rings. The minimum Gasteiger partial charge on any atom is -0.780 e. The average molecular weight is 465 g/mol. The van der Waals surface area contributed by atoms with Gasteiger partial charge in [-0.15, -0.1) is 0 Å². The molecule has 0 bridgehead atoms. The minimum absolute atomic E-state index is 0. The summed E-state index contributed by atoms with van der Waals surface area (Å²) in [5.41, 5.74) is 1.38. The molecule has 11 nitrogen and oxygen atoms in total. The van der Waals surface area contributed by atoms with Gasteiger partial charge in [-0.3, -0.25) is 0 Å². The molecule has 0 atom stereocenters. The maximum absolute atomic E-state index is 11.2. The van der Waals surface area contributed by atoms with E-state index in [0.717, 1.165) is 0 Å². The predicted molar refractivity (Wildman–Crippen MR) is 94.7 cm³/mol. The Kier molecular flexibility index (Phi) is 8.86. The minimum atomic E-state index is -5.33. The first kappa shape index (κ1) is 26.0. The van der Waals surface area contributed by atoms with Crippen LogP contribution in [-0.2, 0) is 4.57 Å². The molecule has 1 N–H and O–H groups in total. The van der Waals surface area contributed by atoms with E-state index in [0.29, 0.717) is 34.3 Å². The standard InChI is InChI=1S/C17H16N3O8P.2Na/c1-24-10-3-4-11(12(7-10)28-29(21,22)23)16-15(18-20-19-16)9-5-13(25-2)17-14(6-9)26-8-27-17;;/h3-7H,8H2,1-2H3,(H,18,19,20)(H2,21,22,23);;/q;2*+1/p-2. The number of aromatic amines is 1. The third kappa shape index (κ3) is 5.57. The fourth-order valence-corrected chi connectivity index (χ4v) is 3.30. The van der Waals surface area contributed by atoms with Gasteiger partial charge in [0.25, 0.3) is 0 Å². The van der Waals surface area contributed by atoms with Crippen molar-refractivity contribution in [2.45, 2.75) is 0 Å². The second-order valence-electron chi connectivity index (χ2n) is 5.83. The number of nitrogens with one attached hydrogen (secondary N) is 1. The van der Waals surface area contributed by atoms with Crippen LogP contribution in [0.3, 0.4) is 0 Å². The smallest absolute Gasteiger partial charge is 0.780 e. The first-order valence-corrected chi connectivity index (χ1v) is 9.64. The normalized spacial score (nSPS) is 11.9. The second-order valence-corrected chi connectivity index (χ2v) is 6.91. The van der Waals surface area contributed by atoms with Crippen LogP contribution in [0, 0.1) is 0 Å². The largest absolute Gasteiger partial charge is 1.00 e. The van der Waals surface area contributed by atoms with Crippen molar-refractivity contribution >= 4 is 7.82 Å². The molecule has 0 fully saturated rings. The summed E-state index contributed by atoms with van der Waals surface area (Å²) in [6.07, 6.45) is 0. The molecule has 1 aliphatic heterocycles. The van der Waals surface area contributed by atoms with Gasteiger partial charge in [-0.05, 0) is 24.3 Å². The van der Waals surface area contributed by atoms with Crippen molar-refractivity contribution in [3.63, 3.8) is 0 Å². The summed E-state index contributed by atoms with van der Waals surface area (Å²) in [6.45, 7) is 0.0551. The number of methoxy groups -OCH3 is 2. The van der Waals surface area contributed by atoms with E-state index in [1.807, 2.05) is 0 Å². The number of hydrogen-bond donors (Lipinski definition) is 1. The summed E-state index contributed by atoms with van der Waals surface area (Å²) in [6, 6.07) is 7.71. The van der Waals surface area contributed by atoms with E-state index in [2.05, 4.69) is 19.9 Å². The average Bonchev–Trinajstić information content (AvgIpc) is 3.35. The summed E-state index contributed by atoms with van der Waals surface area (Å²) >= 11 is 0. The summed E-state index contributed by atoms with van der Waals surface area (Å²) < 4.78 is 37.0. The van der Waals surface area contributed by atoms with E-state index in [9.17, 15) is 14.4 Å². The van der Waals surface area contributed by atoms with Gasteiger partial charge in [-0.2, -0.15) is 15.4 Å². The van der Waals surface area contributed by atoms with Gasteiger partial charge < -0.3 is 37.8 Å². The molecule has 2 heterocycles. The summed E-state index contributed by atoms with van der Waals surface area (Å²) in [7, 11) is -2.45. The molecule has 1 aromatic heterocycles. The zero-order chi connectivity index (χ0) is 20.6. The molecule has 0 spiro atoms. The zero-order valence-corrected chi connectivity index (χ0v) is 22.1. The molecule has 0 saturated carbocycles. The summed E-state index contributed by atoms with van der Waals surface area (Å²) in [5, 5.41) is 10.7. The van der Waals surface area contributed by atoms with Crippen LogP contribution in [0.1, 0.15) is 0 Å². The molecule has 14 heteroatoms. The Balaban J connectivity index is 0.00000171. The van der Waals surface area contributed by atoms with Crippen molar-refractivity contribution in [1.29, 1.82) is 0 Å². The quantitative estimate of drug-likeness (QED) is 0.277. The number of phosphoric acid groups is 1. The van der Waals surface area contributed by atoms with Gasteiger partial charge in [0.1, 0.15) is 30.7 Å². The van der Waals surface area contributed by atoms with E-state index in [-0.39, 0.29) is 82.9 Å². The number of rotatable bonds is 6. The molecular formula is C17H14N3Na2O8P. The Morgan fingerprint density at radius 3 is 2.42 bits per heavy atom.